The maximum atomic E-state index is 13.0. The normalized spacial score (nSPS) is 17.2. The summed E-state index contributed by atoms with van der Waals surface area (Å²) in [6, 6.07) is 7.78. The summed E-state index contributed by atoms with van der Waals surface area (Å²) in [6.07, 6.45) is 6.35. The Morgan fingerprint density at radius 1 is 1.29 bits per heavy atom. The lowest BCUT2D eigenvalue weighted by Gasteiger charge is -2.31. The second kappa shape index (κ2) is 7.96. The van der Waals surface area contributed by atoms with Gasteiger partial charge in [-0.3, -0.25) is 9.59 Å². The number of amides is 1. The number of hydrogen-bond donors (Lipinski definition) is 0. The molecule has 7 nitrogen and oxygen atoms in total. The molecule has 1 aromatic carbocycles. The lowest BCUT2D eigenvalue weighted by molar-refractivity contribution is -0.133. The smallest absolute Gasteiger partial charge is 0.242 e. The molecule has 3 aromatic rings. The predicted molar refractivity (Wildman–Crippen MR) is 104 cm³/mol. The van der Waals surface area contributed by atoms with E-state index in [0.717, 1.165) is 36.7 Å². The molecule has 0 radical (unpaired) electrons. The Morgan fingerprint density at radius 2 is 2.14 bits per heavy atom. The van der Waals surface area contributed by atoms with Crippen molar-refractivity contribution < 1.29 is 14.1 Å². The number of rotatable bonds is 6. The van der Waals surface area contributed by atoms with Gasteiger partial charge in [0.2, 0.25) is 12.3 Å². The molecule has 28 heavy (non-hydrogen) atoms. The number of nitrogens with zero attached hydrogens (tertiary/aromatic N) is 4. The summed E-state index contributed by atoms with van der Waals surface area (Å²) in [5.41, 5.74) is 1.62. The number of piperidine rings is 1. The summed E-state index contributed by atoms with van der Waals surface area (Å²) in [5.74, 6) is 0.944. The van der Waals surface area contributed by atoms with Gasteiger partial charge in [-0.05, 0) is 25.3 Å². The van der Waals surface area contributed by atoms with Gasteiger partial charge in [0.15, 0.2) is 11.6 Å². The molecule has 1 atom stereocenters. The summed E-state index contributed by atoms with van der Waals surface area (Å²) in [6.45, 7) is 3.54. The monoisotopic (exact) mass is 380 g/mol. The van der Waals surface area contributed by atoms with Gasteiger partial charge in [0.25, 0.3) is 0 Å². The number of carbonyl (C=O) groups excluding carboxylic acids is 2. The van der Waals surface area contributed by atoms with Crippen LogP contribution in [0.5, 0.6) is 0 Å². The van der Waals surface area contributed by atoms with E-state index in [-0.39, 0.29) is 24.2 Å². The van der Waals surface area contributed by atoms with Crippen LogP contribution < -0.4 is 0 Å². The van der Waals surface area contributed by atoms with Gasteiger partial charge < -0.3 is 14.0 Å². The zero-order valence-electron chi connectivity index (χ0n) is 16.0. The number of ketones is 1. The lowest BCUT2D eigenvalue weighted by Crippen LogP contribution is -2.41. The van der Waals surface area contributed by atoms with Crippen LogP contribution in [-0.2, 0) is 11.3 Å². The minimum absolute atomic E-state index is 0.0449. The highest BCUT2D eigenvalue weighted by Gasteiger charge is 2.27. The zero-order chi connectivity index (χ0) is 19.5. The number of benzene rings is 1. The molecule has 3 heterocycles. The van der Waals surface area contributed by atoms with Crippen molar-refractivity contribution in [2.75, 3.05) is 13.1 Å². The quantitative estimate of drug-likeness (QED) is 0.612. The number of aromatic nitrogens is 3. The number of carbonyl (C=O) groups is 2. The highest BCUT2D eigenvalue weighted by molar-refractivity contribution is 6.08. The van der Waals surface area contributed by atoms with Gasteiger partial charge in [0, 0.05) is 48.1 Å². The molecule has 0 N–H and O–H groups in total. The summed E-state index contributed by atoms with van der Waals surface area (Å²) >= 11 is 0. The third-order valence-corrected chi connectivity index (χ3v) is 5.39. The molecule has 0 aliphatic carbocycles. The summed E-state index contributed by atoms with van der Waals surface area (Å²) in [5, 5.41) is 4.85. The molecule has 1 saturated heterocycles. The number of fused-ring (bicyclic) bond motifs is 1. The standard InChI is InChI=1S/C21H24N4O3/c1-2-6-19(26)17-12-25(18-9-4-3-8-16(17)18)13-20(27)24-10-5-7-15(11-24)21-22-14-28-23-21/h3-4,8-9,12,14-15H,2,5-7,10-11,13H2,1H3/t15-/m0/s1. The van der Waals surface area contributed by atoms with E-state index in [0.29, 0.717) is 24.4 Å². The SMILES string of the molecule is CCCC(=O)c1cn(CC(=O)N2CCC[C@H](c3ncon3)C2)c2ccccc12. The molecular weight excluding hydrogens is 356 g/mol. The van der Waals surface area contributed by atoms with Crippen molar-refractivity contribution in [2.45, 2.75) is 45.1 Å². The third kappa shape index (κ3) is 3.56. The van der Waals surface area contributed by atoms with Crippen LogP contribution in [0.25, 0.3) is 10.9 Å². The largest absolute Gasteiger partial charge is 0.343 e. The van der Waals surface area contributed by atoms with Crippen LogP contribution in [0.15, 0.2) is 41.4 Å². The van der Waals surface area contributed by atoms with Crippen molar-refractivity contribution in [1.29, 1.82) is 0 Å². The van der Waals surface area contributed by atoms with Crippen LogP contribution >= 0.6 is 0 Å². The Morgan fingerprint density at radius 3 is 2.93 bits per heavy atom. The average Bonchev–Trinajstić information content (AvgIpc) is 3.37. The van der Waals surface area contributed by atoms with Gasteiger partial charge in [-0.1, -0.05) is 30.3 Å². The molecule has 1 aliphatic rings. The Kier molecular flexibility index (Phi) is 5.23. The van der Waals surface area contributed by atoms with Gasteiger partial charge in [0.1, 0.15) is 6.54 Å². The predicted octanol–water partition coefficient (Wildman–Crippen LogP) is 3.41. The molecular formula is C21H24N4O3. The number of para-hydroxylation sites is 1. The molecule has 146 valence electrons. The molecule has 2 aromatic heterocycles. The number of hydrogen-bond acceptors (Lipinski definition) is 5. The Bertz CT molecular complexity index is 977. The first kappa shape index (κ1) is 18.4. The van der Waals surface area contributed by atoms with Crippen LogP contribution in [0, 0.1) is 0 Å². The van der Waals surface area contributed by atoms with Crippen molar-refractivity contribution in [2.24, 2.45) is 0 Å². The molecule has 1 aliphatic heterocycles. The van der Waals surface area contributed by atoms with Crippen LogP contribution in [-0.4, -0.2) is 44.4 Å². The van der Waals surface area contributed by atoms with E-state index in [1.165, 1.54) is 6.39 Å². The van der Waals surface area contributed by atoms with Crippen molar-refractivity contribution in [3.8, 4) is 0 Å². The highest BCUT2D eigenvalue weighted by Crippen LogP contribution is 2.26. The minimum atomic E-state index is 0.0449. The summed E-state index contributed by atoms with van der Waals surface area (Å²) in [4.78, 5) is 31.5. The van der Waals surface area contributed by atoms with Crippen LogP contribution in [0.2, 0.25) is 0 Å². The first-order valence-electron chi connectivity index (χ1n) is 9.82. The van der Waals surface area contributed by atoms with Crippen molar-refractivity contribution >= 4 is 22.6 Å². The second-order valence-corrected chi connectivity index (χ2v) is 7.33. The van der Waals surface area contributed by atoms with Gasteiger partial charge in [-0.15, -0.1) is 0 Å². The van der Waals surface area contributed by atoms with E-state index < -0.39 is 0 Å². The Labute approximate surface area is 163 Å². The Hall–Kier alpha value is -2.96. The molecule has 7 heteroatoms. The number of Topliss-reactive ketones (excluding diaryl/α,β-unsaturated/α-hetero) is 1. The van der Waals surface area contributed by atoms with Gasteiger partial charge in [-0.25, -0.2) is 0 Å². The van der Waals surface area contributed by atoms with Gasteiger partial charge in [-0.2, -0.15) is 4.98 Å². The zero-order valence-corrected chi connectivity index (χ0v) is 16.0. The van der Waals surface area contributed by atoms with E-state index in [9.17, 15) is 9.59 Å². The molecule has 0 unspecified atom stereocenters. The highest BCUT2D eigenvalue weighted by atomic mass is 16.5. The van der Waals surface area contributed by atoms with Gasteiger partial charge in [0.05, 0.1) is 0 Å². The van der Waals surface area contributed by atoms with E-state index >= 15 is 0 Å². The first-order chi connectivity index (χ1) is 13.7. The fourth-order valence-electron chi connectivity index (χ4n) is 3.98. The summed E-state index contributed by atoms with van der Waals surface area (Å²) < 4.78 is 6.75. The van der Waals surface area contributed by atoms with Crippen molar-refractivity contribution in [1.82, 2.24) is 19.6 Å². The van der Waals surface area contributed by atoms with E-state index in [4.69, 9.17) is 4.52 Å². The maximum Gasteiger partial charge on any atom is 0.242 e. The molecule has 0 spiro atoms. The summed E-state index contributed by atoms with van der Waals surface area (Å²) in [7, 11) is 0. The molecule has 1 amide bonds. The minimum Gasteiger partial charge on any atom is -0.343 e. The third-order valence-electron chi connectivity index (χ3n) is 5.39. The lowest BCUT2D eigenvalue weighted by atomic mass is 9.97. The van der Waals surface area contributed by atoms with E-state index in [2.05, 4.69) is 10.1 Å². The first-order valence-corrected chi connectivity index (χ1v) is 9.82. The molecule has 0 bridgehead atoms. The molecule has 0 saturated carbocycles. The van der Waals surface area contributed by atoms with E-state index in [1.54, 1.807) is 0 Å². The fraction of sp³-hybridized carbons (Fsp3) is 0.429. The number of likely N-dealkylation sites (tertiary alicyclic amines) is 1. The molecule has 1 fully saturated rings. The Balaban J connectivity index is 1.54. The average molecular weight is 380 g/mol. The van der Waals surface area contributed by atoms with Gasteiger partial charge >= 0.3 is 0 Å². The molecule has 4 rings (SSSR count). The van der Waals surface area contributed by atoms with E-state index in [1.807, 2.05) is 46.9 Å². The fourth-order valence-corrected chi connectivity index (χ4v) is 3.98. The second-order valence-electron chi connectivity index (χ2n) is 7.33. The van der Waals surface area contributed by atoms with Crippen molar-refractivity contribution in [3.05, 3.63) is 48.2 Å². The van der Waals surface area contributed by atoms with Crippen LogP contribution in [0.1, 0.15) is 54.7 Å². The maximum absolute atomic E-state index is 13.0. The topological polar surface area (TPSA) is 81.2 Å². The van der Waals surface area contributed by atoms with Crippen LogP contribution in [0.3, 0.4) is 0 Å². The van der Waals surface area contributed by atoms with Crippen LogP contribution in [0.4, 0.5) is 0 Å². The van der Waals surface area contributed by atoms with Crippen molar-refractivity contribution in [3.63, 3.8) is 0 Å².